The SMILES string of the molecule is COc1cc2c3c(c1)C1(C(=O)N3C(C)(C)C=C2C)C(C#N)=C(N)OC2=C1C(=O)CC(C)C2. The highest BCUT2D eigenvalue weighted by Crippen LogP contribution is 2.60. The molecule has 1 aliphatic carbocycles. The van der Waals surface area contributed by atoms with Crippen molar-refractivity contribution in [3.63, 3.8) is 0 Å². The molecule has 3 aliphatic heterocycles. The first-order valence-corrected chi connectivity index (χ1v) is 10.7. The third-order valence-corrected chi connectivity index (χ3v) is 7.01. The molecule has 0 aromatic heterocycles. The first kappa shape index (κ1) is 20.4. The van der Waals surface area contributed by atoms with Crippen molar-refractivity contribution in [2.24, 2.45) is 11.7 Å². The number of hydrogen-bond acceptors (Lipinski definition) is 6. The van der Waals surface area contributed by atoms with Crippen molar-refractivity contribution in [2.45, 2.75) is 51.5 Å². The van der Waals surface area contributed by atoms with Crippen molar-refractivity contribution in [3.05, 3.63) is 52.1 Å². The Kier molecular flexibility index (Phi) is 3.98. The van der Waals surface area contributed by atoms with Gasteiger partial charge in [0.15, 0.2) is 5.78 Å². The third-order valence-electron chi connectivity index (χ3n) is 7.01. The Morgan fingerprint density at radius 3 is 2.66 bits per heavy atom. The molecule has 4 aliphatic rings. The molecule has 0 fully saturated rings. The van der Waals surface area contributed by atoms with E-state index in [2.05, 4.69) is 6.07 Å². The molecule has 0 saturated carbocycles. The normalized spacial score (nSPS) is 27.7. The Bertz CT molecular complexity index is 1260. The second kappa shape index (κ2) is 6.26. The number of nitrogens with two attached hydrogens (primary N) is 1. The highest BCUT2D eigenvalue weighted by Gasteiger charge is 2.65. The molecule has 32 heavy (non-hydrogen) atoms. The minimum absolute atomic E-state index is 0.0394. The molecule has 0 saturated heterocycles. The number of nitrogens with zero attached hydrogens (tertiary/aromatic N) is 2. The van der Waals surface area contributed by atoms with E-state index in [0.717, 1.165) is 11.1 Å². The maximum absolute atomic E-state index is 14.4. The molecule has 7 heteroatoms. The quantitative estimate of drug-likeness (QED) is 0.730. The van der Waals surface area contributed by atoms with Crippen LogP contribution in [-0.4, -0.2) is 24.3 Å². The van der Waals surface area contributed by atoms with Crippen LogP contribution < -0.4 is 15.4 Å². The highest BCUT2D eigenvalue weighted by molar-refractivity contribution is 6.22. The number of benzene rings is 1. The second-order valence-electron chi connectivity index (χ2n) is 9.63. The van der Waals surface area contributed by atoms with Crippen LogP contribution in [0.3, 0.4) is 0 Å². The van der Waals surface area contributed by atoms with Gasteiger partial charge in [-0.05, 0) is 44.4 Å². The molecule has 2 unspecified atom stereocenters. The number of Topliss-reactive ketones (excluding diaryl/α,β-unsaturated/α-hetero) is 1. The number of amides is 1. The van der Waals surface area contributed by atoms with Gasteiger partial charge in [-0.3, -0.25) is 9.59 Å². The van der Waals surface area contributed by atoms with Gasteiger partial charge in [-0.2, -0.15) is 5.26 Å². The van der Waals surface area contributed by atoms with Crippen LogP contribution in [0.4, 0.5) is 5.69 Å². The average molecular weight is 431 g/mol. The molecular weight excluding hydrogens is 406 g/mol. The summed E-state index contributed by atoms with van der Waals surface area (Å²) in [5, 5.41) is 10.2. The number of allylic oxidation sites excluding steroid dienone is 2. The van der Waals surface area contributed by atoms with Gasteiger partial charge in [0.05, 0.1) is 23.9 Å². The monoisotopic (exact) mass is 431 g/mol. The van der Waals surface area contributed by atoms with Crippen molar-refractivity contribution < 1.29 is 19.1 Å². The summed E-state index contributed by atoms with van der Waals surface area (Å²) in [7, 11) is 1.55. The number of nitriles is 1. The predicted octanol–water partition coefficient (Wildman–Crippen LogP) is 3.45. The Hall–Kier alpha value is -3.53. The zero-order valence-electron chi connectivity index (χ0n) is 18.8. The average Bonchev–Trinajstić information content (AvgIpc) is 2.95. The van der Waals surface area contributed by atoms with Crippen LogP contribution in [-0.2, 0) is 19.7 Å². The Morgan fingerprint density at radius 2 is 2.00 bits per heavy atom. The van der Waals surface area contributed by atoms with Crippen molar-refractivity contribution in [2.75, 3.05) is 12.0 Å². The van der Waals surface area contributed by atoms with E-state index in [0.29, 0.717) is 29.2 Å². The number of ketones is 1. The van der Waals surface area contributed by atoms with Gasteiger partial charge in [0.25, 0.3) is 0 Å². The van der Waals surface area contributed by atoms with Crippen LogP contribution in [0.1, 0.15) is 51.7 Å². The predicted molar refractivity (Wildman–Crippen MR) is 118 cm³/mol. The summed E-state index contributed by atoms with van der Waals surface area (Å²) in [5.41, 5.74) is 7.21. The van der Waals surface area contributed by atoms with Crippen molar-refractivity contribution >= 4 is 23.0 Å². The summed E-state index contributed by atoms with van der Waals surface area (Å²) in [6.45, 7) is 7.84. The smallest absolute Gasteiger partial charge is 0.248 e. The topological polar surface area (TPSA) is 106 Å². The molecule has 3 heterocycles. The van der Waals surface area contributed by atoms with Crippen LogP contribution in [0.2, 0.25) is 0 Å². The molecular formula is C25H25N3O4. The number of fused-ring (bicyclic) bond motifs is 2. The van der Waals surface area contributed by atoms with Gasteiger partial charge in [-0.15, -0.1) is 0 Å². The van der Waals surface area contributed by atoms with Crippen molar-refractivity contribution in [1.82, 2.24) is 0 Å². The molecule has 1 aromatic carbocycles. The maximum Gasteiger partial charge on any atom is 0.248 e. The fourth-order valence-corrected chi connectivity index (χ4v) is 5.85. The van der Waals surface area contributed by atoms with Gasteiger partial charge in [0.2, 0.25) is 11.8 Å². The fraction of sp³-hybridized carbons (Fsp3) is 0.400. The molecule has 7 nitrogen and oxygen atoms in total. The Labute approximate surface area is 186 Å². The zero-order valence-corrected chi connectivity index (χ0v) is 18.8. The largest absolute Gasteiger partial charge is 0.497 e. The van der Waals surface area contributed by atoms with E-state index in [1.807, 2.05) is 39.8 Å². The number of rotatable bonds is 1. The number of carbonyl (C=O) groups excluding carboxylic acids is 2. The number of anilines is 1. The molecule has 1 amide bonds. The summed E-state index contributed by atoms with van der Waals surface area (Å²) < 4.78 is 11.4. The van der Waals surface area contributed by atoms with E-state index in [1.54, 1.807) is 18.1 Å². The summed E-state index contributed by atoms with van der Waals surface area (Å²) >= 11 is 0. The first-order valence-electron chi connectivity index (χ1n) is 10.7. The van der Waals surface area contributed by atoms with Crippen LogP contribution in [0.15, 0.2) is 41.0 Å². The van der Waals surface area contributed by atoms with Gasteiger partial charge < -0.3 is 20.1 Å². The van der Waals surface area contributed by atoms with Crippen LogP contribution in [0, 0.1) is 17.2 Å². The van der Waals surface area contributed by atoms with Gasteiger partial charge in [-0.1, -0.05) is 13.0 Å². The van der Waals surface area contributed by atoms with Gasteiger partial charge in [0.1, 0.15) is 28.6 Å². The molecule has 2 N–H and O–H groups in total. The van der Waals surface area contributed by atoms with Crippen molar-refractivity contribution in [3.8, 4) is 11.8 Å². The summed E-state index contributed by atoms with van der Waals surface area (Å²) in [4.78, 5) is 29.6. The lowest BCUT2D eigenvalue weighted by Gasteiger charge is -2.41. The maximum atomic E-state index is 14.4. The first-order chi connectivity index (χ1) is 15.1. The van der Waals surface area contributed by atoms with Gasteiger partial charge >= 0.3 is 0 Å². The molecule has 1 aromatic rings. The standard InChI is InChI=1S/C25H25N3O4/c1-12-6-18(29)20-19(7-12)32-22(27)17(11-26)25(20)16-9-14(31-5)8-15-13(2)10-24(3,4)28(21(15)16)23(25)30/h8-10,12H,6-7,27H2,1-5H3. The van der Waals surface area contributed by atoms with Gasteiger partial charge in [-0.25, -0.2) is 0 Å². The lowest BCUT2D eigenvalue weighted by molar-refractivity contribution is -0.125. The molecule has 5 rings (SSSR count). The number of carbonyl (C=O) groups is 2. The van der Waals surface area contributed by atoms with E-state index < -0.39 is 11.0 Å². The Morgan fingerprint density at radius 1 is 1.28 bits per heavy atom. The molecule has 1 spiro atoms. The Balaban J connectivity index is 1.97. The third kappa shape index (κ3) is 2.24. The summed E-state index contributed by atoms with van der Waals surface area (Å²) in [6.07, 6.45) is 2.78. The summed E-state index contributed by atoms with van der Waals surface area (Å²) in [6, 6.07) is 5.77. The van der Waals surface area contributed by atoms with Crippen LogP contribution in [0.25, 0.3) is 5.57 Å². The lowest BCUT2D eigenvalue weighted by atomic mass is 9.64. The van der Waals surface area contributed by atoms with Gasteiger partial charge in [0, 0.05) is 24.0 Å². The van der Waals surface area contributed by atoms with E-state index in [9.17, 15) is 14.9 Å². The van der Waals surface area contributed by atoms with Crippen molar-refractivity contribution in [1.29, 1.82) is 5.26 Å². The van der Waals surface area contributed by atoms with E-state index in [1.165, 1.54) is 0 Å². The van der Waals surface area contributed by atoms with Crippen LogP contribution >= 0.6 is 0 Å². The number of hydrogen-bond donors (Lipinski definition) is 1. The molecule has 2 atom stereocenters. The molecule has 0 bridgehead atoms. The van der Waals surface area contributed by atoms with E-state index in [-0.39, 0.29) is 41.1 Å². The second-order valence-corrected chi connectivity index (χ2v) is 9.63. The van der Waals surface area contributed by atoms with Crippen LogP contribution in [0.5, 0.6) is 5.75 Å². The van der Waals surface area contributed by atoms with E-state index >= 15 is 0 Å². The number of methoxy groups -OCH3 is 1. The highest BCUT2D eigenvalue weighted by atomic mass is 16.5. The minimum Gasteiger partial charge on any atom is -0.497 e. The molecule has 164 valence electrons. The minimum atomic E-state index is -1.64. The molecule has 0 radical (unpaired) electrons. The van der Waals surface area contributed by atoms with E-state index in [4.69, 9.17) is 15.2 Å². The number of ether oxygens (including phenoxy) is 2. The summed E-state index contributed by atoms with van der Waals surface area (Å²) in [5.74, 6) is 0.318. The fourth-order valence-electron chi connectivity index (χ4n) is 5.85. The zero-order chi connectivity index (χ0) is 23.2. The lowest BCUT2D eigenvalue weighted by Crippen LogP contribution is -2.54.